The Labute approximate surface area is 75.4 Å². The summed E-state index contributed by atoms with van der Waals surface area (Å²) in [6.45, 7) is -1.32. The maximum atomic E-state index is 10.7. The quantitative estimate of drug-likeness (QED) is 0.352. The van der Waals surface area contributed by atoms with Crippen molar-refractivity contribution < 1.29 is 30.0 Å². The second-order valence-electron chi connectivity index (χ2n) is 2.56. The predicted octanol–water partition coefficient (Wildman–Crippen LogP) is -2.37. The molecule has 0 bridgehead atoms. The van der Waals surface area contributed by atoms with Gasteiger partial charge in [0.2, 0.25) is 0 Å². The first kappa shape index (κ1) is 12.3. The number of rotatable bonds is 6. The Kier molecular flexibility index (Phi) is 6.43. The van der Waals surface area contributed by atoms with Crippen molar-refractivity contribution in [1.82, 2.24) is 0 Å². The van der Waals surface area contributed by atoms with E-state index in [1.165, 1.54) is 0 Å². The van der Waals surface area contributed by atoms with Crippen molar-refractivity contribution in [1.29, 1.82) is 0 Å². The fourth-order valence-corrected chi connectivity index (χ4v) is 0.558. The highest BCUT2D eigenvalue weighted by molar-refractivity contribution is 5.69. The summed E-state index contributed by atoms with van der Waals surface area (Å²) >= 11 is 0. The van der Waals surface area contributed by atoms with Gasteiger partial charge in [0, 0.05) is 0 Å². The van der Waals surface area contributed by atoms with Crippen LogP contribution in [0.4, 0.5) is 0 Å². The molecule has 78 valence electrons. The van der Waals surface area contributed by atoms with Crippen LogP contribution in [0.5, 0.6) is 0 Å². The first-order valence-electron chi connectivity index (χ1n) is 3.83. The van der Waals surface area contributed by atoms with Crippen LogP contribution in [0, 0.1) is 0 Å². The van der Waals surface area contributed by atoms with E-state index in [0.717, 1.165) is 0 Å². The van der Waals surface area contributed by atoms with E-state index in [-0.39, 0.29) is 13.0 Å². The largest absolute Gasteiger partial charge is 0.463 e. The molecule has 4 N–H and O–H groups in total. The first-order chi connectivity index (χ1) is 6.10. The standard InChI is InChI=1S/C7H14O6/c8-2-5(10)1-7(12)13-4-6(11)3-9/h5-6,8-11H,1-4H2. The van der Waals surface area contributed by atoms with Crippen molar-refractivity contribution in [3.05, 3.63) is 0 Å². The Balaban J connectivity index is 3.51. The number of hydrogen-bond donors (Lipinski definition) is 4. The average molecular weight is 194 g/mol. The molecule has 0 aliphatic rings. The van der Waals surface area contributed by atoms with Gasteiger partial charge in [-0.05, 0) is 0 Å². The van der Waals surface area contributed by atoms with E-state index in [9.17, 15) is 4.79 Å². The van der Waals surface area contributed by atoms with E-state index in [1.54, 1.807) is 0 Å². The molecule has 0 aliphatic heterocycles. The van der Waals surface area contributed by atoms with Crippen LogP contribution in [0.15, 0.2) is 0 Å². The van der Waals surface area contributed by atoms with Gasteiger partial charge in [-0.25, -0.2) is 0 Å². The second-order valence-corrected chi connectivity index (χ2v) is 2.56. The van der Waals surface area contributed by atoms with Gasteiger partial charge in [-0.3, -0.25) is 4.79 Å². The maximum Gasteiger partial charge on any atom is 0.308 e. The maximum absolute atomic E-state index is 10.7. The van der Waals surface area contributed by atoms with Crippen LogP contribution < -0.4 is 0 Å². The van der Waals surface area contributed by atoms with Crippen molar-refractivity contribution >= 4 is 5.97 Å². The minimum Gasteiger partial charge on any atom is -0.463 e. The summed E-state index contributed by atoms with van der Waals surface area (Å²) in [7, 11) is 0. The molecule has 0 aromatic carbocycles. The van der Waals surface area contributed by atoms with E-state index in [0.29, 0.717) is 0 Å². The van der Waals surface area contributed by atoms with Crippen LogP contribution in [-0.4, -0.2) is 58.4 Å². The molecule has 0 saturated carbocycles. The van der Waals surface area contributed by atoms with Gasteiger partial charge < -0.3 is 25.2 Å². The van der Waals surface area contributed by atoms with Crippen LogP contribution in [0.1, 0.15) is 6.42 Å². The van der Waals surface area contributed by atoms with Gasteiger partial charge in [-0.1, -0.05) is 0 Å². The average Bonchev–Trinajstić information content (AvgIpc) is 2.13. The molecule has 0 amide bonds. The number of hydrogen-bond acceptors (Lipinski definition) is 6. The Morgan fingerprint density at radius 2 is 1.69 bits per heavy atom. The van der Waals surface area contributed by atoms with E-state index in [4.69, 9.17) is 20.4 Å². The number of aliphatic hydroxyl groups is 4. The lowest BCUT2D eigenvalue weighted by Gasteiger charge is -2.09. The molecule has 0 saturated heterocycles. The number of carbonyl (C=O) groups is 1. The lowest BCUT2D eigenvalue weighted by atomic mass is 10.3. The van der Waals surface area contributed by atoms with Crippen molar-refractivity contribution in [2.24, 2.45) is 0 Å². The monoisotopic (exact) mass is 194 g/mol. The topological polar surface area (TPSA) is 107 Å². The minimum atomic E-state index is -1.14. The molecule has 6 nitrogen and oxygen atoms in total. The third kappa shape index (κ3) is 6.47. The van der Waals surface area contributed by atoms with Gasteiger partial charge in [-0.2, -0.15) is 0 Å². The summed E-state index contributed by atoms with van der Waals surface area (Å²) < 4.78 is 4.45. The zero-order chi connectivity index (χ0) is 10.3. The molecule has 6 heteroatoms. The van der Waals surface area contributed by atoms with E-state index in [2.05, 4.69) is 4.74 Å². The Bertz CT molecular complexity index is 148. The van der Waals surface area contributed by atoms with Crippen LogP contribution in [-0.2, 0) is 9.53 Å². The normalized spacial score (nSPS) is 15.1. The summed E-state index contributed by atoms with van der Waals surface area (Å²) in [6.07, 6.45) is -2.57. The van der Waals surface area contributed by atoms with Gasteiger partial charge in [0.1, 0.15) is 12.7 Å². The fraction of sp³-hybridized carbons (Fsp3) is 0.857. The molecule has 0 spiro atoms. The third-order valence-corrected chi connectivity index (χ3v) is 1.26. The van der Waals surface area contributed by atoms with Gasteiger partial charge in [0.15, 0.2) is 0 Å². The van der Waals surface area contributed by atoms with Crippen LogP contribution in [0.2, 0.25) is 0 Å². The third-order valence-electron chi connectivity index (χ3n) is 1.26. The number of carbonyl (C=O) groups excluding carboxylic acids is 1. The van der Waals surface area contributed by atoms with Gasteiger partial charge >= 0.3 is 5.97 Å². The zero-order valence-corrected chi connectivity index (χ0v) is 7.09. The van der Waals surface area contributed by atoms with Crippen molar-refractivity contribution in [2.45, 2.75) is 18.6 Å². The highest BCUT2D eigenvalue weighted by Gasteiger charge is 2.12. The second kappa shape index (κ2) is 6.79. The molecular formula is C7H14O6. The molecule has 0 radical (unpaired) electrons. The Hall–Kier alpha value is -0.690. The SMILES string of the molecule is O=C(CC(O)CO)OCC(O)CO. The summed E-state index contributed by atoms with van der Waals surface area (Å²) in [4.78, 5) is 10.7. The molecule has 0 aromatic rings. The molecule has 0 rings (SSSR count). The summed E-state index contributed by atoms with van der Waals surface area (Å²) in [5.74, 6) is -0.728. The lowest BCUT2D eigenvalue weighted by Crippen LogP contribution is -2.25. The molecular weight excluding hydrogens is 180 g/mol. The van der Waals surface area contributed by atoms with Gasteiger partial charge in [0.05, 0.1) is 25.7 Å². The fourth-order valence-electron chi connectivity index (χ4n) is 0.558. The van der Waals surface area contributed by atoms with Crippen molar-refractivity contribution in [3.63, 3.8) is 0 Å². The van der Waals surface area contributed by atoms with Crippen LogP contribution in [0.3, 0.4) is 0 Å². The highest BCUT2D eigenvalue weighted by Crippen LogP contribution is 1.94. The Morgan fingerprint density at radius 1 is 1.15 bits per heavy atom. The van der Waals surface area contributed by atoms with Gasteiger partial charge in [0.25, 0.3) is 0 Å². The summed E-state index contributed by atoms with van der Waals surface area (Å²) in [5.41, 5.74) is 0. The van der Waals surface area contributed by atoms with E-state index >= 15 is 0 Å². The lowest BCUT2D eigenvalue weighted by molar-refractivity contribution is -0.150. The zero-order valence-electron chi connectivity index (χ0n) is 7.09. The molecule has 2 unspecified atom stereocenters. The first-order valence-corrected chi connectivity index (χ1v) is 3.83. The predicted molar refractivity (Wildman–Crippen MR) is 41.8 cm³/mol. The summed E-state index contributed by atoms with van der Waals surface area (Å²) in [6, 6.07) is 0. The number of esters is 1. The van der Waals surface area contributed by atoms with E-state index in [1.807, 2.05) is 0 Å². The number of ether oxygens (including phenoxy) is 1. The molecule has 13 heavy (non-hydrogen) atoms. The Morgan fingerprint density at radius 3 is 2.15 bits per heavy atom. The number of aliphatic hydroxyl groups excluding tert-OH is 4. The minimum absolute atomic E-state index is 0.312. The molecule has 0 heterocycles. The van der Waals surface area contributed by atoms with Crippen LogP contribution in [0.25, 0.3) is 0 Å². The van der Waals surface area contributed by atoms with Crippen molar-refractivity contribution in [3.8, 4) is 0 Å². The molecule has 0 aliphatic carbocycles. The summed E-state index contributed by atoms with van der Waals surface area (Å²) in [5, 5.41) is 34.3. The highest BCUT2D eigenvalue weighted by atomic mass is 16.5. The van der Waals surface area contributed by atoms with Crippen molar-refractivity contribution in [2.75, 3.05) is 19.8 Å². The molecule has 0 aromatic heterocycles. The molecule has 2 atom stereocenters. The van der Waals surface area contributed by atoms with E-state index < -0.39 is 31.4 Å². The van der Waals surface area contributed by atoms with Gasteiger partial charge in [-0.15, -0.1) is 0 Å². The smallest absolute Gasteiger partial charge is 0.308 e. The van der Waals surface area contributed by atoms with Crippen LogP contribution >= 0.6 is 0 Å². The molecule has 0 fully saturated rings.